The van der Waals surface area contributed by atoms with Gasteiger partial charge in [0.1, 0.15) is 0 Å². The van der Waals surface area contributed by atoms with Crippen LogP contribution in [0.5, 0.6) is 0 Å². The third kappa shape index (κ3) is 4.25. The quantitative estimate of drug-likeness (QED) is 0.747. The topological polar surface area (TPSA) is 104 Å². The number of para-hydroxylation sites is 1. The van der Waals surface area contributed by atoms with E-state index in [4.69, 9.17) is 5.11 Å². The predicted octanol–water partition coefficient (Wildman–Crippen LogP) is 2.28. The molecular formula is C19H24N2O5S2. The summed E-state index contributed by atoms with van der Waals surface area (Å²) in [7, 11) is -3.14. The summed E-state index contributed by atoms with van der Waals surface area (Å²) in [5.41, 5.74) is 3.10. The van der Waals surface area contributed by atoms with E-state index in [-0.39, 0.29) is 35.6 Å². The zero-order valence-electron chi connectivity index (χ0n) is 15.9. The summed E-state index contributed by atoms with van der Waals surface area (Å²) >= 11 is 1.32. The van der Waals surface area contributed by atoms with E-state index in [0.29, 0.717) is 5.17 Å². The number of sulfone groups is 1. The van der Waals surface area contributed by atoms with Crippen molar-refractivity contribution in [3.63, 3.8) is 0 Å². The number of benzene rings is 1. The number of carbonyl (C=O) groups excluding carboxylic acids is 1. The zero-order chi connectivity index (χ0) is 20.5. The number of thioether (sulfide) groups is 1. The highest BCUT2D eigenvalue weighted by Gasteiger charge is 2.50. The second-order valence-electron chi connectivity index (χ2n) is 6.98. The number of hydrogen-bond acceptors (Lipinski definition) is 5. The maximum absolute atomic E-state index is 12.2. The Labute approximate surface area is 169 Å². The number of carbonyl (C=O) groups is 2. The number of carboxylic acid groups (broad SMARTS) is 1. The van der Waals surface area contributed by atoms with E-state index in [1.165, 1.54) is 11.8 Å². The van der Waals surface area contributed by atoms with Gasteiger partial charge in [0.15, 0.2) is 15.0 Å². The van der Waals surface area contributed by atoms with Crippen LogP contribution < -0.4 is 4.90 Å². The number of amidine groups is 1. The molecule has 2 fully saturated rings. The van der Waals surface area contributed by atoms with Gasteiger partial charge in [-0.15, -0.1) is 0 Å². The lowest BCUT2D eigenvalue weighted by Gasteiger charge is -2.29. The molecule has 1 N–H and O–H groups in total. The molecule has 9 heteroatoms. The van der Waals surface area contributed by atoms with Crippen molar-refractivity contribution < 1.29 is 23.1 Å². The Morgan fingerprint density at radius 3 is 2.39 bits per heavy atom. The average Bonchev–Trinajstić information content (AvgIpc) is 3.09. The molecule has 152 valence electrons. The Kier molecular flexibility index (Phi) is 6.14. The van der Waals surface area contributed by atoms with Crippen LogP contribution in [0.2, 0.25) is 0 Å². The molecule has 7 nitrogen and oxygen atoms in total. The van der Waals surface area contributed by atoms with Gasteiger partial charge >= 0.3 is 5.97 Å². The van der Waals surface area contributed by atoms with Gasteiger partial charge in [-0.2, -0.15) is 4.99 Å². The van der Waals surface area contributed by atoms with Gasteiger partial charge in [-0.1, -0.05) is 43.8 Å². The average molecular weight is 425 g/mol. The highest BCUT2D eigenvalue weighted by molar-refractivity contribution is 8.16. The molecule has 2 aliphatic rings. The third-order valence-electron chi connectivity index (χ3n) is 5.05. The number of fused-ring (bicyclic) bond motifs is 1. The van der Waals surface area contributed by atoms with Crippen molar-refractivity contribution in [1.82, 2.24) is 0 Å². The largest absolute Gasteiger partial charge is 0.481 e. The van der Waals surface area contributed by atoms with Gasteiger partial charge in [0.2, 0.25) is 5.91 Å². The van der Waals surface area contributed by atoms with Gasteiger partial charge in [0, 0.05) is 17.4 Å². The zero-order valence-corrected chi connectivity index (χ0v) is 17.6. The first-order chi connectivity index (χ1) is 13.3. The van der Waals surface area contributed by atoms with Gasteiger partial charge in [-0.25, -0.2) is 8.42 Å². The number of amides is 1. The summed E-state index contributed by atoms with van der Waals surface area (Å²) < 4.78 is 24.4. The molecule has 0 aromatic heterocycles. The summed E-state index contributed by atoms with van der Waals surface area (Å²) in [5.74, 6) is -1.44. The summed E-state index contributed by atoms with van der Waals surface area (Å²) in [6.07, 6.45) is 1.10. The smallest absolute Gasteiger partial charge is 0.303 e. The van der Waals surface area contributed by atoms with Crippen LogP contribution in [0, 0.1) is 0 Å². The first kappa shape index (κ1) is 20.9. The van der Waals surface area contributed by atoms with Crippen LogP contribution in [0.1, 0.15) is 37.8 Å². The molecule has 0 saturated carbocycles. The van der Waals surface area contributed by atoms with Gasteiger partial charge < -0.3 is 10.0 Å². The Morgan fingerprint density at radius 2 is 1.82 bits per heavy atom. The van der Waals surface area contributed by atoms with E-state index in [2.05, 4.69) is 4.99 Å². The Balaban J connectivity index is 2.05. The highest BCUT2D eigenvalue weighted by atomic mass is 32.2. The normalized spacial score (nSPS) is 24.5. The number of aryl methyl sites for hydroxylation is 2. The second kappa shape index (κ2) is 8.24. The number of anilines is 1. The lowest BCUT2D eigenvalue weighted by molar-refractivity contribution is -0.138. The molecular weight excluding hydrogens is 400 g/mol. The van der Waals surface area contributed by atoms with Crippen LogP contribution in [0.15, 0.2) is 23.2 Å². The van der Waals surface area contributed by atoms with E-state index in [0.717, 1.165) is 29.7 Å². The molecule has 2 aliphatic heterocycles. The lowest BCUT2D eigenvalue weighted by atomic mass is 10.0. The molecule has 2 atom stereocenters. The van der Waals surface area contributed by atoms with Crippen LogP contribution in [-0.2, 0) is 32.3 Å². The number of rotatable bonds is 6. The fraction of sp³-hybridized carbons (Fsp3) is 0.526. The molecule has 1 aromatic carbocycles. The van der Waals surface area contributed by atoms with Crippen LogP contribution in [0.3, 0.4) is 0 Å². The lowest BCUT2D eigenvalue weighted by Crippen LogP contribution is -2.39. The molecule has 2 heterocycles. The van der Waals surface area contributed by atoms with E-state index >= 15 is 0 Å². The molecule has 0 radical (unpaired) electrons. The van der Waals surface area contributed by atoms with Gasteiger partial charge in [0.05, 0.1) is 24.0 Å². The Bertz CT molecular complexity index is 904. The second-order valence-corrected chi connectivity index (χ2v) is 10.3. The third-order valence-corrected chi connectivity index (χ3v) is 8.26. The van der Waals surface area contributed by atoms with Crippen molar-refractivity contribution >= 4 is 44.3 Å². The first-order valence-corrected chi connectivity index (χ1v) is 12.1. The standard InChI is InChI=1S/C19H24N2O5S2/c1-3-12-6-5-7-13(4-2)18(12)21-14-10-28(25,26)11-15(14)27-19(21)20-16(22)8-9-17(23)24/h5-7,14-15H,3-4,8-11H2,1-2H3,(H,23,24)/t14-,15-/m0/s1. The number of aliphatic carboxylic acids is 1. The minimum absolute atomic E-state index is 0.0359. The van der Waals surface area contributed by atoms with Crippen molar-refractivity contribution in [2.45, 2.75) is 50.8 Å². The van der Waals surface area contributed by atoms with Crippen LogP contribution >= 0.6 is 11.8 Å². The predicted molar refractivity (Wildman–Crippen MR) is 111 cm³/mol. The number of aliphatic imine (C=N–C) groups is 1. The summed E-state index contributed by atoms with van der Waals surface area (Å²) in [6.45, 7) is 4.08. The van der Waals surface area contributed by atoms with Gasteiger partial charge in [-0.3, -0.25) is 9.59 Å². The van der Waals surface area contributed by atoms with Crippen LogP contribution in [0.25, 0.3) is 0 Å². The number of hydrogen-bond donors (Lipinski definition) is 1. The first-order valence-electron chi connectivity index (χ1n) is 9.36. The van der Waals surface area contributed by atoms with E-state index in [1.54, 1.807) is 0 Å². The van der Waals surface area contributed by atoms with E-state index in [9.17, 15) is 18.0 Å². The summed E-state index contributed by atoms with van der Waals surface area (Å²) in [6, 6.07) is 5.75. The summed E-state index contributed by atoms with van der Waals surface area (Å²) in [5, 5.41) is 9.10. The molecule has 0 aliphatic carbocycles. The number of carboxylic acids is 1. The highest BCUT2D eigenvalue weighted by Crippen LogP contribution is 2.43. The van der Waals surface area contributed by atoms with E-state index in [1.807, 2.05) is 36.9 Å². The van der Waals surface area contributed by atoms with Crippen LogP contribution in [-0.4, -0.2) is 53.4 Å². The van der Waals surface area contributed by atoms with E-state index < -0.39 is 21.7 Å². The van der Waals surface area contributed by atoms with Crippen molar-refractivity contribution in [3.05, 3.63) is 29.3 Å². The minimum atomic E-state index is -3.14. The van der Waals surface area contributed by atoms with Gasteiger partial charge in [0.25, 0.3) is 0 Å². The molecule has 3 rings (SSSR count). The molecule has 2 saturated heterocycles. The molecule has 28 heavy (non-hydrogen) atoms. The molecule has 1 amide bonds. The minimum Gasteiger partial charge on any atom is -0.481 e. The molecule has 1 aromatic rings. The van der Waals surface area contributed by atoms with Crippen molar-refractivity contribution in [1.29, 1.82) is 0 Å². The monoisotopic (exact) mass is 424 g/mol. The van der Waals surface area contributed by atoms with Gasteiger partial charge in [-0.05, 0) is 24.0 Å². The van der Waals surface area contributed by atoms with Crippen molar-refractivity contribution in [2.24, 2.45) is 4.99 Å². The molecule has 0 unspecified atom stereocenters. The Hall–Kier alpha value is -1.87. The Morgan fingerprint density at radius 1 is 1.18 bits per heavy atom. The fourth-order valence-electron chi connectivity index (χ4n) is 3.73. The molecule has 0 bridgehead atoms. The van der Waals surface area contributed by atoms with Crippen molar-refractivity contribution in [2.75, 3.05) is 16.4 Å². The maximum atomic E-state index is 12.2. The summed E-state index contributed by atoms with van der Waals surface area (Å²) in [4.78, 5) is 29.1. The fourth-order valence-corrected chi connectivity index (χ4v) is 7.64. The maximum Gasteiger partial charge on any atom is 0.303 e. The molecule has 0 spiro atoms. The SMILES string of the molecule is CCc1cccc(CC)c1N1C(=NC(=O)CCC(=O)O)S[C@H]2CS(=O)(=O)C[C@@H]21. The number of nitrogens with zero attached hydrogens (tertiary/aromatic N) is 2. The van der Waals surface area contributed by atoms with Crippen LogP contribution in [0.4, 0.5) is 5.69 Å². The van der Waals surface area contributed by atoms with Crippen molar-refractivity contribution in [3.8, 4) is 0 Å².